The number of amides is 2. The lowest BCUT2D eigenvalue weighted by Gasteiger charge is -2.29. The third kappa shape index (κ3) is 4.17. The van der Waals surface area contributed by atoms with E-state index in [0.29, 0.717) is 23.8 Å². The number of nitrogens with zero attached hydrogens (tertiary/aromatic N) is 2. The number of imide groups is 1. The highest BCUT2D eigenvalue weighted by atomic mass is 79.9. The number of hydrogen-bond donors (Lipinski definition) is 0. The lowest BCUT2D eigenvalue weighted by molar-refractivity contribution is -0.126. The van der Waals surface area contributed by atoms with E-state index in [9.17, 15) is 9.59 Å². The van der Waals surface area contributed by atoms with Gasteiger partial charge in [0.2, 0.25) is 5.91 Å². The standard InChI is InChI=1S/C27H25BrN2O5/c1-3-15-34-20-12-10-18(11-13-20)29-26(31)23-24(21-16-17(28)9-14-22(21)33-2)30(35-25(23)27(29)32)19-7-5-4-6-8-19/h4-14,16,23-25H,3,15H2,1-2H3. The zero-order chi connectivity index (χ0) is 24.5. The van der Waals surface area contributed by atoms with Gasteiger partial charge in [-0.2, -0.15) is 0 Å². The van der Waals surface area contributed by atoms with Crippen LogP contribution in [-0.2, 0) is 14.4 Å². The number of rotatable bonds is 7. The van der Waals surface area contributed by atoms with Crippen LogP contribution in [0.4, 0.5) is 11.4 Å². The van der Waals surface area contributed by atoms with Crippen molar-refractivity contribution in [2.24, 2.45) is 5.92 Å². The first-order chi connectivity index (χ1) is 17.0. The number of carbonyl (C=O) groups is 2. The molecule has 2 saturated heterocycles. The van der Waals surface area contributed by atoms with Crippen LogP contribution in [0.25, 0.3) is 0 Å². The first-order valence-electron chi connectivity index (χ1n) is 11.5. The Bertz CT molecular complexity index is 1230. The number of methoxy groups -OCH3 is 1. The molecule has 35 heavy (non-hydrogen) atoms. The van der Waals surface area contributed by atoms with E-state index in [2.05, 4.69) is 15.9 Å². The molecule has 2 fully saturated rings. The topological polar surface area (TPSA) is 68.3 Å². The number of carbonyl (C=O) groups excluding carboxylic acids is 2. The van der Waals surface area contributed by atoms with Crippen LogP contribution in [0, 0.1) is 5.92 Å². The van der Waals surface area contributed by atoms with Crippen LogP contribution in [0.2, 0.25) is 0 Å². The molecule has 0 radical (unpaired) electrons. The number of anilines is 2. The highest BCUT2D eigenvalue weighted by Crippen LogP contribution is 2.50. The number of ether oxygens (including phenoxy) is 2. The van der Waals surface area contributed by atoms with E-state index in [1.165, 1.54) is 4.90 Å². The molecule has 0 N–H and O–H groups in total. The molecule has 2 heterocycles. The van der Waals surface area contributed by atoms with Gasteiger partial charge in [-0.25, -0.2) is 9.96 Å². The van der Waals surface area contributed by atoms with Gasteiger partial charge < -0.3 is 9.47 Å². The van der Waals surface area contributed by atoms with Gasteiger partial charge in [0, 0.05) is 10.0 Å². The lowest BCUT2D eigenvalue weighted by Crippen LogP contribution is -2.37. The van der Waals surface area contributed by atoms with Crippen molar-refractivity contribution >= 4 is 39.1 Å². The molecule has 0 aromatic heterocycles. The first-order valence-corrected chi connectivity index (χ1v) is 12.3. The number of para-hydroxylation sites is 1. The van der Waals surface area contributed by atoms with Crippen LogP contribution in [0.5, 0.6) is 11.5 Å². The summed E-state index contributed by atoms with van der Waals surface area (Å²) in [6.07, 6.45) is -0.0587. The summed E-state index contributed by atoms with van der Waals surface area (Å²) in [6, 6.07) is 21.5. The molecule has 180 valence electrons. The van der Waals surface area contributed by atoms with Crippen molar-refractivity contribution in [3.05, 3.63) is 82.8 Å². The highest BCUT2D eigenvalue weighted by Gasteiger charge is 2.60. The zero-order valence-corrected chi connectivity index (χ0v) is 21.0. The van der Waals surface area contributed by atoms with Gasteiger partial charge in [0.05, 0.1) is 31.1 Å². The summed E-state index contributed by atoms with van der Waals surface area (Å²) in [4.78, 5) is 34.8. The van der Waals surface area contributed by atoms with Gasteiger partial charge in [-0.05, 0) is 61.0 Å². The van der Waals surface area contributed by atoms with Gasteiger partial charge in [0.25, 0.3) is 5.91 Å². The molecule has 3 aromatic carbocycles. The third-order valence-electron chi connectivity index (χ3n) is 6.20. The van der Waals surface area contributed by atoms with Gasteiger partial charge in [0.1, 0.15) is 17.4 Å². The molecule has 8 heteroatoms. The maximum absolute atomic E-state index is 13.8. The zero-order valence-electron chi connectivity index (χ0n) is 19.4. The third-order valence-corrected chi connectivity index (χ3v) is 6.70. The van der Waals surface area contributed by atoms with Crippen molar-refractivity contribution in [1.82, 2.24) is 0 Å². The molecule has 5 rings (SSSR count). The fourth-order valence-corrected chi connectivity index (χ4v) is 5.01. The molecule has 0 spiro atoms. The van der Waals surface area contributed by atoms with E-state index >= 15 is 0 Å². The van der Waals surface area contributed by atoms with Crippen molar-refractivity contribution in [3.8, 4) is 11.5 Å². The summed E-state index contributed by atoms with van der Waals surface area (Å²) < 4.78 is 12.1. The Hall–Kier alpha value is -3.36. The van der Waals surface area contributed by atoms with Gasteiger partial charge in [0.15, 0.2) is 6.10 Å². The van der Waals surface area contributed by atoms with Crippen LogP contribution in [0.3, 0.4) is 0 Å². The molecular weight excluding hydrogens is 512 g/mol. The van der Waals surface area contributed by atoms with Gasteiger partial charge in [-0.1, -0.05) is 41.1 Å². The lowest BCUT2D eigenvalue weighted by atomic mass is 9.90. The molecule has 2 amide bonds. The molecule has 3 atom stereocenters. The maximum Gasteiger partial charge on any atom is 0.266 e. The largest absolute Gasteiger partial charge is 0.496 e. The van der Waals surface area contributed by atoms with Crippen LogP contribution >= 0.6 is 15.9 Å². The minimum atomic E-state index is -0.951. The van der Waals surface area contributed by atoms with Gasteiger partial charge in [-0.3, -0.25) is 14.4 Å². The number of hydroxylamine groups is 1. The van der Waals surface area contributed by atoms with E-state index in [0.717, 1.165) is 22.1 Å². The van der Waals surface area contributed by atoms with E-state index in [1.807, 2.05) is 55.5 Å². The average molecular weight is 537 g/mol. The summed E-state index contributed by atoms with van der Waals surface area (Å²) in [5, 5.41) is 1.66. The van der Waals surface area contributed by atoms with E-state index in [-0.39, 0.29) is 11.8 Å². The minimum absolute atomic E-state index is 0.312. The fraction of sp³-hybridized carbons (Fsp3) is 0.259. The Labute approximate surface area is 212 Å². The second kappa shape index (κ2) is 9.71. The SMILES string of the molecule is CCCOc1ccc(N2C(=O)C3ON(c4ccccc4)C(c4cc(Br)ccc4OC)C3C2=O)cc1. The maximum atomic E-state index is 13.8. The second-order valence-corrected chi connectivity index (χ2v) is 9.31. The van der Waals surface area contributed by atoms with Crippen LogP contribution in [0.15, 0.2) is 77.3 Å². The predicted molar refractivity (Wildman–Crippen MR) is 135 cm³/mol. The summed E-state index contributed by atoms with van der Waals surface area (Å²) in [5.41, 5.74) is 2.00. The normalized spacial score (nSPS) is 21.4. The Morgan fingerprint density at radius 2 is 1.69 bits per heavy atom. The van der Waals surface area contributed by atoms with E-state index in [4.69, 9.17) is 14.3 Å². The fourth-order valence-electron chi connectivity index (χ4n) is 4.63. The first kappa shape index (κ1) is 23.4. The Balaban J connectivity index is 1.54. The molecule has 3 unspecified atom stereocenters. The van der Waals surface area contributed by atoms with Crippen LogP contribution < -0.4 is 19.4 Å². The monoisotopic (exact) mass is 536 g/mol. The van der Waals surface area contributed by atoms with Crippen molar-refractivity contribution < 1.29 is 23.9 Å². The van der Waals surface area contributed by atoms with E-state index < -0.39 is 18.1 Å². The molecule has 0 aliphatic carbocycles. The number of fused-ring (bicyclic) bond motifs is 1. The molecule has 7 nitrogen and oxygen atoms in total. The smallest absolute Gasteiger partial charge is 0.266 e. The van der Waals surface area contributed by atoms with E-state index in [1.54, 1.807) is 36.4 Å². The molecule has 2 aliphatic rings. The molecular formula is C27H25BrN2O5. The van der Waals surface area contributed by atoms with Crippen LogP contribution in [-0.4, -0.2) is 31.6 Å². The molecule has 0 saturated carbocycles. The molecule has 3 aromatic rings. The summed E-state index contributed by atoms with van der Waals surface area (Å²) >= 11 is 3.53. The van der Waals surface area contributed by atoms with Gasteiger partial charge >= 0.3 is 0 Å². The average Bonchev–Trinajstić information content (AvgIpc) is 3.39. The quantitative estimate of drug-likeness (QED) is 0.382. The Kier molecular flexibility index (Phi) is 6.49. The second-order valence-electron chi connectivity index (χ2n) is 8.40. The number of halogens is 1. The summed E-state index contributed by atoms with van der Waals surface area (Å²) in [5.74, 6) is -0.146. The molecule has 2 aliphatic heterocycles. The van der Waals surface area contributed by atoms with Crippen molar-refractivity contribution in [2.75, 3.05) is 23.7 Å². The predicted octanol–water partition coefficient (Wildman–Crippen LogP) is 5.30. The Morgan fingerprint density at radius 3 is 2.37 bits per heavy atom. The minimum Gasteiger partial charge on any atom is -0.496 e. The van der Waals surface area contributed by atoms with Gasteiger partial charge in [-0.15, -0.1) is 0 Å². The summed E-state index contributed by atoms with van der Waals surface area (Å²) in [7, 11) is 1.59. The number of hydrogen-bond acceptors (Lipinski definition) is 6. The molecule has 0 bridgehead atoms. The highest BCUT2D eigenvalue weighted by molar-refractivity contribution is 9.10. The number of benzene rings is 3. The Morgan fingerprint density at radius 1 is 0.943 bits per heavy atom. The van der Waals surface area contributed by atoms with Crippen molar-refractivity contribution in [1.29, 1.82) is 0 Å². The summed E-state index contributed by atoms with van der Waals surface area (Å²) in [6.45, 7) is 2.63. The van der Waals surface area contributed by atoms with Crippen LogP contribution in [0.1, 0.15) is 24.9 Å². The van der Waals surface area contributed by atoms with Crippen molar-refractivity contribution in [2.45, 2.75) is 25.5 Å². The van der Waals surface area contributed by atoms with Crippen molar-refractivity contribution in [3.63, 3.8) is 0 Å².